The van der Waals surface area contributed by atoms with Crippen molar-refractivity contribution in [1.82, 2.24) is 5.32 Å². The Labute approximate surface area is 215 Å². The Hall–Kier alpha value is -1.72. The second-order valence-corrected chi connectivity index (χ2v) is 10.8. The molecule has 1 aliphatic rings. The van der Waals surface area contributed by atoms with Gasteiger partial charge in [-0.3, -0.25) is 0 Å². The molecule has 1 unspecified atom stereocenters. The Bertz CT molecular complexity index is 607. The summed E-state index contributed by atoms with van der Waals surface area (Å²) in [5.74, 6) is 1.06. The number of carbonyl (C=O) groups is 2. The highest BCUT2D eigenvalue weighted by Gasteiger charge is 2.39. The minimum Gasteiger partial charge on any atom is -0.494 e. The molecule has 4 atom stereocenters. The first kappa shape index (κ1) is 31.3. The van der Waals surface area contributed by atoms with Crippen LogP contribution < -0.4 is 11.1 Å². The van der Waals surface area contributed by atoms with Gasteiger partial charge >= 0.3 is 12.0 Å². The summed E-state index contributed by atoms with van der Waals surface area (Å²) in [5, 5.41) is 2.57. The predicted octanol–water partition coefficient (Wildman–Crippen LogP) is 7.40. The molecular weight excluding hydrogens is 440 g/mol. The molecule has 204 valence electrons. The van der Waals surface area contributed by atoms with Crippen molar-refractivity contribution in [3.05, 3.63) is 12.3 Å². The van der Waals surface area contributed by atoms with E-state index in [1.807, 2.05) is 13.8 Å². The number of hydrogen-bond acceptors (Lipinski definition) is 4. The largest absolute Gasteiger partial charge is 0.494 e. The van der Waals surface area contributed by atoms with Crippen LogP contribution in [-0.2, 0) is 14.3 Å². The maximum Gasteiger partial charge on any atom is 0.328 e. The lowest BCUT2D eigenvalue weighted by molar-refractivity contribution is -0.156. The number of ether oxygens (including phenoxy) is 2. The number of nitrogens with two attached hydrogens (primary N) is 1. The van der Waals surface area contributed by atoms with Gasteiger partial charge in [0.1, 0.15) is 18.2 Å². The van der Waals surface area contributed by atoms with Crippen LogP contribution in [0, 0.1) is 11.8 Å². The van der Waals surface area contributed by atoms with Crippen LogP contribution in [0.3, 0.4) is 0 Å². The van der Waals surface area contributed by atoms with E-state index in [-0.39, 0.29) is 24.1 Å². The molecule has 0 aromatic heterocycles. The van der Waals surface area contributed by atoms with Crippen LogP contribution in [0.2, 0.25) is 0 Å². The van der Waals surface area contributed by atoms with Gasteiger partial charge < -0.3 is 20.5 Å². The first-order valence-corrected chi connectivity index (χ1v) is 14.4. The van der Waals surface area contributed by atoms with Crippen LogP contribution in [0.4, 0.5) is 4.79 Å². The molecular formula is C29H54N2O4. The van der Waals surface area contributed by atoms with Gasteiger partial charge in [-0.05, 0) is 31.6 Å². The molecule has 1 saturated heterocycles. The van der Waals surface area contributed by atoms with E-state index >= 15 is 0 Å². The molecule has 3 N–H and O–H groups in total. The number of urea groups is 1. The Balaban J connectivity index is 2.62. The number of rotatable bonds is 21. The summed E-state index contributed by atoms with van der Waals surface area (Å²) >= 11 is 0. The van der Waals surface area contributed by atoms with Gasteiger partial charge in [0.2, 0.25) is 0 Å². The highest BCUT2D eigenvalue weighted by molar-refractivity contribution is 5.82. The summed E-state index contributed by atoms with van der Waals surface area (Å²) in [7, 11) is 0. The molecule has 1 aliphatic heterocycles. The van der Waals surface area contributed by atoms with E-state index < -0.39 is 12.1 Å². The Morgan fingerprint density at radius 1 is 0.971 bits per heavy atom. The third-order valence-electron chi connectivity index (χ3n) is 7.00. The maximum atomic E-state index is 13.0. The van der Waals surface area contributed by atoms with Gasteiger partial charge in [-0.15, -0.1) is 0 Å². The monoisotopic (exact) mass is 494 g/mol. The molecule has 0 bridgehead atoms. The highest BCUT2D eigenvalue weighted by atomic mass is 16.6. The van der Waals surface area contributed by atoms with Crippen LogP contribution in [0.15, 0.2) is 12.3 Å². The van der Waals surface area contributed by atoms with Crippen molar-refractivity contribution in [3.8, 4) is 0 Å². The molecule has 1 heterocycles. The normalized spacial score (nSPS) is 19.1. The van der Waals surface area contributed by atoms with Crippen molar-refractivity contribution in [2.45, 2.75) is 149 Å². The standard InChI is InChI=1S/C29H54N2O4/c1-6-8-10-11-12-13-14-15-17-18-24(21-27-25(23(5)34-27)19-16-9-7-2)35-28(32)26(20-22(3)4)31-29(30)33/h22,24-27H,5-21H2,1-4H3,(H3,30,31,33)/t24-,25?,26-,27-/m0/s1. The Morgan fingerprint density at radius 3 is 2.09 bits per heavy atom. The van der Waals surface area contributed by atoms with Gasteiger partial charge in [-0.25, -0.2) is 9.59 Å². The fraction of sp³-hybridized carbons (Fsp3) is 0.862. The quantitative estimate of drug-likeness (QED) is 0.128. The SMILES string of the molecule is C=C1O[C@@H](C[C@H](CCCCCCCCCCC)OC(=O)[C@H](CC(C)C)NC(N)=O)C1CCCCC. The van der Waals surface area contributed by atoms with Gasteiger partial charge in [0.05, 0.1) is 11.7 Å². The first-order chi connectivity index (χ1) is 16.8. The van der Waals surface area contributed by atoms with Crippen molar-refractivity contribution >= 4 is 12.0 Å². The van der Waals surface area contributed by atoms with E-state index in [2.05, 4.69) is 25.7 Å². The number of unbranched alkanes of at least 4 members (excludes halogenated alkanes) is 10. The lowest BCUT2D eigenvalue weighted by Crippen LogP contribution is -2.47. The van der Waals surface area contributed by atoms with Crippen molar-refractivity contribution in [2.75, 3.05) is 0 Å². The van der Waals surface area contributed by atoms with Gasteiger partial charge in [0.25, 0.3) is 0 Å². The van der Waals surface area contributed by atoms with Gasteiger partial charge in [0.15, 0.2) is 0 Å². The molecule has 2 amide bonds. The second kappa shape index (κ2) is 18.5. The molecule has 0 aliphatic carbocycles. The zero-order chi connectivity index (χ0) is 26.1. The van der Waals surface area contributed by atoms with Crippen molar-refractivity contribution < 1.29 is 19.1 Å². The molecule has 6 nitrogen and oxygen atoms in total. The Morgan fingerprint density at radius 2 is 1.54 bits per heavy atom. The minimum absolute atomic E-state index is 0.0587. The zero-order valence-corrected chi connectivity index (χ0v) is 23.1. The molecule has 0 spiro atoms. The van der Waals surface area contributed by atoms with Crippen LogP contribution >= 0.6 is 0 Å². The first-order valence-electron chi connectivity index (χ1n) is 14.4. The molecule has 6 heteroatoms. The maximum absolute atomic E-state index is 13.0. The van der Waals surface area contributed by atoms with Crippen molar-refractivity contribution in [3.63, 3.8) is 0 Å². The molecule has 0 saturated carbocycles. The van der Waals surface area contributed by atoms with E-state index in [1.165, 1.54) is 64.2 Å². The number of nitrogens with one attached hydrogen (secondary N) is 1. The highest BCUT2D eigenvalue weighted by Crippen LogP contribution is 2.38. The fourth-order valence-electron chi connectivity index (χ4n) is 4.94. The average molecular weight is 495 g/mol. The summed E-state index contributed by atoms with van der Waals surface area (Å²) in [6.45, 7) is 12.5. The number of carbonyl (C=O) groups excluding carboxylic acids is 2. The average Bonchev–Trinajstić information content (AvgIpc) is 2.79. The van der Waals surface area contributed by atoms with Crippen LogP contribution in [0.5, 0.6) is 0 Å². The molecule has 0 aromatic rings. The van der Waals surface area contributed by atoms with E-state index in [9.17, 15) is 9.59 Å². The predicted molar refractivity (Wildman–Crippen MR) is 144 cm³/mol. The number of primary amides is 1. The van der Waals surface area contributed by atoms with Crippen molar-refractivity contribution in [1.29, 1.82) is 0 Å². The summed E-state index contributed by atoms with van der Waals surface area (Å²) < 4.78 is 11.9. The van der Waals surface area contributed by atoms with Crippen LogP contribution in [0.25, 0.3) is 0 Å². The van der Waals surface area contributed by atoms with E-state index in [0.29, 0.717) is 18.8 Å². The van der Waals surface area contributed by atoms with Crippen LogP contribution in [0.1, 0.15) is 130 Å². The third kappa shape index (κ3) is 13.8. The van der Waals surface area contributed by atoms with E-state index in [1.54, 1.807) is 0 Å². The van der Waals surface area contributed by atoms with Crippen molar-refractivity contribution in [2.24, 2.45) is 17.6 Å². The van der Waals surface area contributed by atoms with Crippen LogP contribution in [-0.4, -0.2) is 30.3 Å². The topological polar surface area (TPSA) is 90.7 Å². The second-order valence-electron chi connectivity index (χ2n) is 10.8. The smallest absolute Gasteiger partial charge is 0.328 e. The minimum atomic E-state index is -0.712. The summed E-state index contributed by atoms with van der Waals surface area (Å²) in [6, 6.07) is -1.41. The molecule has 1 fully saturated rings. The lowest BCUT2D eigenvalue weighted by atomic mass is 9.85. The number of hydrogen-bond donors (Lipinski definition) is 2. The molecule has 35 heavy (non-hydrogen) atoms. The molecule has 0 aromatic carbocycles. The lowest BCUT2D eigenvalue weighted by Gasteiger charge is -2.41. The van der Waals surface area contributed by atoms with E-state index in [4.69, 9.17) is 15.2 Å². The number of amides is 2. The summed E-state index contributed by atoms with van der Waals surface area (Å²) in [6.07, 6.45) is 17.8. The molecule has 1 rings (SSSR count). The zero-order valence-electron chi connectivity index (χ0n) is 23.1. The summed E-state index contributed by atoms with van der Waals surface area (Å²) in [4.78, 5) is 24.4. The fourth-order valence-corrected chi connectivity index (χ4v) is 4.94. The van der Waals surface area contributed by atoms with Gasteiger partial charge in [-0.1, -0.05) is 105 Å². The number of esters is 1. The molecule has 0 radical (unpaired) electrons. The Kier molecular flexibility index (Phi) is 16.6. The third-order valence-corrected chi connectivity index (χ3v) is 7.00. The van der Waals surface area contributed by atoms with E-state index in [0.717, 1.165) is 31.4 Å². The van der Waals surface area contributed by atoms with Gasteiger partial charge in [0, 0.05) is 6.42 Å². The van der Waals surface area contributed by atoms with Gasteiger partial charge in [-0.2, -0.15) is 0 Å². The summed E-state index contributed by atoms with van der Waals surface area (Å²) in [5.41, 5.74) is 5.32.